The van der Waals surface area contributed by atoms with E-state index in [1.807, 2.05) is 125 Å². The first-order valence-corrected chi connectivity index (χ1v) is 20.7. The SMILES string of the molecule is C.C.C.C.C.C.CC(C)(C)C[N-]C(C)(C)C.CC(C)(C)[N-]C(=O)C(C)(C)C.CC(C)(C)[N-]C(=O)[N-]C(C)(C)C.CC(C)(C)[N-]C(=S)C(C)(C)C.CC(C)(C)[N-]C(=S)[N-]C(C)(C)C.[Rb+].[Rb+].[Rb+].[Rb+].[Rb+].[Rb+].[Rb+]. The van der Waals surface area contributed by atoms with E-state index in [-0.39, 0.29) is 513 Å². The number of carbonyl (C=O) groups excluding carboxylic acids is 2. The van der Waals surface area contributed by atoms with Crippen LogP contribution in [0.25, 0.3) is 37.2 Å². The largest absolute Gasteiger partial charge is 1.00 e. The standard InChI is InChI=1S/C9H19N2O.C9H19N2S.C9H19NO.C9H19NS.C9H20N.6CH4.7Rb/c2*1-8(2,3)10-7(12)11-9(4,5)6;2*1-8(2,3)7(11)10-9(4,5)6;1-8(2,3)7-10-9(4,5)6;;;;;;;;;;;;;/h2*1-6H3,(H-,10,11,12);2*1-6H3,(H,10,11);7H2,1-6H3;6*1H4;;;;;;;/q2*-1;;;-1;;;;;;;7*+1/p-4. The van der Waals surface area contributed by atoms with Gasteiger partial charge in [0.05, 0.1) is 5.91 Å². The molecule has 0 N–H and O–H groups in total. The molecular formula is C51H116N7O2Rb7S2. The molecule has 0 aromatic carbocycles. The molecule has 0 saturated heterocycles. The third kappa shape index (κ3) is 130. The minimum atomic E-state index is -0.366. The molecule has 3 amide bonds. The number of nitrogens with zero attached hydrogens (tertiary/aromatic N) is 7. The summed E-state index contributed by atoms with van der Waals surface area (Å²) in [5, 5.41) is 29.7. The van der Waals surface area contributed by atoms with Gasteiger partial charge in [-0.1, -0.05) is 263 Å². The first kappa shape index (κ1) is 130. The van der Waals surface area contributed by atoms with Crippen molar-refractivity contribution in [3.8, 4) is 0 Å². The Morgan fingerprint density at radius 1 is 0.319 bits per heavy atom. The van der Waals surface area contributed by atoms with Gasteiger partial charge in [0.2, 0.25) is 0 Å². The molecule has 0 aromatic heterocycles. The van der Waals surface area contributed by atoms with Crippen molar-refractivity contribution in [3.63, 3.8) is 0 Å². The molecule has 0 aliphatic rings. The molecule has 0 aliphatic heterocycles. The molecule has 0 fully saturated rings. The van der Waals surface area contributed by atoms with Crippen LogP contribution in [0.2, 0.25) is 0 Å². The first-order chi connectivity index (χ1) is 23.7. The smallest absolute Gasteiger partial charge is 0.690 e. The van der Waals surface area contributed by atoms with Gasteiger partial charge in [-0.15, -0.1) is 69.8 Å². The van der Waals surface area contributed by atoms with E-state index in [1.165, 1.54) is 0 Å². The minimum Gasteiger partial charge on any atom is -0.690 e. The zero-order valence-corrected chi connectivity index (χ0v) is 85.5. The Bertz CT molecular complexity index is 1050. The van der Waals surface area contributed by atoms with Crippen molar-refractivity contribution in [3.05, 3.63) is 37.2 Å². The van der Waals surface area contributed by atoms with Crippen molar-refractivity contribution in [2.24, 2.45) is 16.2 Å². The molecule has 0 aromatic rings. The number of amides is 3. The summed E-state index contributed by atoms with van der Waals surface area (Å²) in [4.78, 5) is 23.3. The van der Waals surface area contributed by atoms with Crippen LogP contribution in [0.1, 0.15) is 252 Å². The second kappa shape index (κ2) is 58.0. The number of thiocarbonyl (C=S) groups is 2. The Kier molecular flexibility index (Phi) is 109. The molecule has 0 rings (SSSR count). The molecule has 386 valence electrons. The second-order valence-electron chi connectivity index (χ2n) is 24.4. The Balaban J connectivity index is -0.0000000282. The Labute approximate surface area is 792 Å². The summed E-state index contributed by atoms with van der Waals surface area (Å²) in [6, 6.07) is -0.366. The van der Waals surface area contributed by atoms with E-state index in [2.05, 4.69) is 120 Å². The Hall–Kier alpha value is 10.9. The van der Waals surface area contributed by atoms with Crippen LogP contribution in [-0.2, 0) is 4.79 Å². The molecule has 0 bridgehead atoms. The van der Waals surface area contributed by atoms with Crippen molar-refractivity contribution in [1.29, 1.82) is 0 Å². The number of rotatable bonds is 1. The zero-order chi connectivity index (χ0) is 47.0. The van der Waals surface area contributed by atoms with Crippen molar-refractivity contribution < 1.29 is 417 Å². The molecule has 0 heterocycles. The molecular weight excluding hydrogens is 1410 g/mol. The van der Waals surface area contributed by atoms with Crippen LogP contribution in [-0.4, -0.2) is 67.4 Å². The number of hydrogen-bond donors (Lipinski definition) is 0. The molecule has 0 spiro atoms. The van der Waals surface area contributed by atoms with Gasteiger partial charge in [-0.25, -0.2) is 0 Å². The first-order valence-electron chi connectivity index (χ1n) is 19.9. The van der Waals surface area contributed by atoms with Gasteiger partial charge in [-0.05, 0) is 11.4 Å². The van der Waals surface area contributed by atoms with Gasteiger partial charge in [0, 0.05) is 5.41 Å². The topological polar surface area (TPSA) is 133 Å². The van der Waals surface area contributed by atoms with Crippen LogP contribution >= 0.6 is 24.4 Å². The van der Waals surface area contributed by atoms with Gasteiger partial charge < -0.3 is 46.8 Å². The number of urea groups is 1. The molecule has 0 unspecified atom stereocenters. The van der Waals surface area contributed by atoms with Crippen LogP contribution in [0.5, 0.6) is 0 Å². The van der Waals surface area contributed by atoms with Crippen molar-refractivity contribution >= 4 is 46.5 Å². The van der Waals surface area contributed by atoms with Gasteiger partial charge in [-0.2, -0.15) is 5.11 Å². The Morgan fingerprint density at radius 2 is 0.536 bits per heavy atom. The zero-order valence-electron chi connectivity index (χ0n) is 49.5. The molecule has 18 heteroatoms. The summed E-state index contributed by atoms with van der Waals surface area (Å²) in [5.74, 6) is -0.0231. The number of carbonyl (C=O) groups is 2. The maximum atomic E-state index is 11.3. The summed E-state index contributed by atoms with van der Waals surface area (Å²) in [7, 11) is 0. The predicted molar refractivity (Wildman–Crippen MR) is 301 cm³/mol. The fourth-order valence-electron chi connectivity index (χ4n) is 2.62. The van der Waals surface area contributed by atoms with Crippen LogP contribution < -0.4 is 407 Å². The van der Waals surface area contributed by atoms with Crippen molar-refractivity contribution in [1.82, 2.24) is 0 Å². The van der Waals surface area contributed by atoms with Gasteiger partial charge in [0.15, 0.2) is 0 Å². The average molecular weight is 1520 g/mol. The van der Waals surface area contributed by atoms with E-state index in [4.69, 9.17) is 24.4 Å². The molecule has 0 radical (unpaired) electrons. The maximum absolute atomic E-state index is 11.3. The van der Waals surface area contributed by atoms with E-state index in [0.29, 0.717) is 10.5 Å². The van der Waals surface area contributed by atoms with Gasteiger partial charge in [0.25, 0.3) is 0 Å². The maximum Gasteiger partial charge on any atom is 1.00 e. The summed E-state index contributed by atoms with van der Waals surface area (Å²) >= 11 is 10.2. The summed E-state index contributed by atoms with van der Waals surface area (Å²) in [6.45, 7) is 61.2. The fraction of sp³-hybridized carbons (Fsp3) is 0.922. The fourth-order valence-corrected chi connectivity index (χ4v) is 3.44. The van der Waals surface area contributed by atoms with Crippen molar-refractivity contribution in [2.75, 3.05) is 6.54 Å². The minimum absolute atomic E-state index is 0. The summed E-state index contributed by atoms with van der Waals surface area (Å²) in [5.41, 5.74) is -1.01. The summed E-state index contributed by atoms with van der Waals surface area (Å²) in [6.07, 6.45) is 0. The van der Waals surface area contributed by atoms with Gasteiger partial charge >= 0.3 is 407 Å². The Morgan fingerprint density at radius 3 is 0.638 bits per heavy atom. The van der Waals surface area contributed by atoms with E-state index in [9.17, 15) is 9.59 Å². The normalized spacial score (nSPS) is 10.5. The van der Waals surface area contributed by atoms with Crippen LogP contribution in [0.15, 0.2) is 0 Å². The van der Waals surface area contributed by atoms with Crippen LogP contribution in [0, 0.1) is 16.2 Å². The second-order valence-corrected chi connectivity index (χ2v) is 25.2. The van der Waals surface area contributed by atoms with Crippen LogP contribution in [0.4, 0.5) is 4.79 Å². The van der Waals surface area contributed by atoms with Crippen LogP contribution in [0.3, 0.4) is 0 Å². The van der Waals surface area contributed by atoms with E-state index in [0.717, 1.165) is 11.5 Å². The molecule has 0 aliphatic carbocycles. The molecule has 0 saturated carbocycles. The monoisotopic (exact) mass is 1520 g/mol. The quantitative estimate of drug-likeness (QED) is 0.324. The molecule has 0 atom stereocenters. The van der Waals surface area contributed by atoms with E-state index in [1.54, 1.807) is 0 Å². The third-order valence-corrected chi connectivity index (χ3v) is 5.80. The van der Waals surface area contributed by atoms with Crippen molar-refractivity contribution in [2.45, 2.75) is 291 Å². The van der Waals surface area contributed by atoms with E-state index < -0.39 is 0 Å². The predicted octanol–water partition coefficient (Wildman–Crippen LogP) is -0.621. The average Bonchev–Trinajstić information content (AvgIpc) is 2.75. The summed E-state index contributed by atoms with van der Waals surface area (Å²) < 4.78 is 0. The van der Waals surface area contributed by atoms with Gasteiger partial charge in [-0.3, -0.25) is 0 Å². The molecule has 9 nitrogen and oxygen atoms in total. The molecule has 69 heavy (non-hydrogen) atoms. The van der Waals surface area contributed by atoms with Gasteiger partial charge in [0.1, 0.15) is 0 Å². The van der Waals surface area contributed by atoms with E-state index >= 15 is 0 Å². The third-order valence-electron chi connectivity index (χ3n) is 4.91. The number of hydrogen-bond acceptors (Lipinski definition) is 4.